The Morgan fingerprint density at radius 3 is 2.55 bits per heavy atom. The molecule has 0 radical (unpaired) electrons. The average Bonchev–Trinajstić information content (AvgIpc) is 2.78. The van der Waals surface area contributed by atoms with E-state index in [1.54, 1.807) is 12.4 Å². The molecular formula is C15H22N4S. The van der Waals surface area contributed by atoms with Gasteiger partial charge in [-0.1, -0.05) is 27.7 Å². The number of anilines is 2. The Kier molecular flexibility index (Phi) is 4.28. The van der Waals surface area contributed by atoms with Gasteiger partial charge >= 0.3 is 0 Å². The van der Waals surface area contributed by atoms with E-state index in [0.717, 1.165) is 22.7 Å². The van der Waals surface area contributed by atoms with Crippen LogP contribution in [0.4, 0.5) is 10.8 Å². The number of nitrogens with one attached hydrogen (secondary N) is 1. The Morgan fingerprint density at radius 1 is 1.30 bits per heavy atom. The second-order valence-corrected chi connectivity index (χ2v) is 6.78. The quantitative estimate of drug-likeness (QED) is 0.877. The Morgan fingerprint density at radius 2 is 1.95 bits per heavy atom. The van der Waals surface area contributed by atoms with E-state index in [0.29, 0.717) is 11.7 Å². The van der Waals surface area contributed by atoms with Crippen LogP contribution in [0.5, 0.6) is 0 Å². The molecule has 0 bridgehead atoms. The van der Waals surface area contributed by atoms with Crippen molar-refractivity contribution in [3.8, 4) is 11.1 Å². The highest BCUT2D eigenvalue weighted by atomic mass is 32.1. The van der Waals surface area contributed by atoms with Crippen LogP contribution in [-0.4, -0.2) is 15.9 Å². The van der Waals surface area contributed by atoms with Gasteiger partial charge in [0.1, 0.15) is 10.8 Å². The molecule has 2 aromatic rings. The number of pyridine rings is 1. The first kappa shape index (κ1) is 14.8. The van der Waals surface area contributed by atoms with E-state index in [2.05, 4.69) is 42.4 Å². The van der Waals surface area contributed by atoms with Crippen LogP contribution in [0.3, 0.4) is 0 Å². The number of aromatic nitrogens is 2. The molecule has 4 nitrogen and oxygen atoms in total. The summed E-state index contributed by atoms with van der Waals surface area (Å²) in [5, 5.41) is 4.54. The maximum Gasteiger partial charge on any atom is 0.147 e. The normalized spacial score (nSPS) is 11.8. The molecule has 0 aromatic carbocycles. The highest BCUT2D eigenvalue weighted by molar-refractivity contribution is 7.11. The Bertz CT molecular complexity index is 561. The van der Waals surface area contributed by atoms with Gasteiger partial charge in [-0.2, -0.15) is 4.37 Å². The first-order valence-electron chi connectivity index (χ1n) is 6.81. The van der Waals surface area contributed by atoms with Crippen LogP contribution in [-0.2, 0) is 0 Å². The standard InChI is InChI=1S/C15H22N4S/c1-10(2)15(3,4)9-18-14-12(13(16)19-20-14)11-5-7-17-8-6-11/h5-8,10,18H,9H2,1-4H3,(H2,16,19). The minimum absolute atomic E-state index is 0.217. The summed E-state index contributed by atoms with van der Waals surface area (Å²) < 4.78 is 4.28. The minimum Gasteiger partial charge on any atom is -0.382 e. The summed E-state index contributed by atoms with van der Waals surface area (Å²) in [5.74, 6) is 1.18. The number of hydrogen-bond acceptors (Lipinski definition) is 5. The molecule has 0 unspecified atom stereocenters. The summed E-state index contributed by atoms with van der Waals surface area (Å²) in [4.78, 5) is 4.04. The number of nitrogen functional groups attached to an aromatic ring is 1. The number of rotatable bonds is 5. The second-order valence-electron chi connectivity index (χ2n) is 6.00. The van der Waals surface area contributed by atoms with E-state index in [9.17, 15) is 0 Å². The molecule has 0 saturated heterocycles. The van der Waals surface area contributed by atoms with Crippen LogP contribution in [0, 0.1) is 11.3 Å². The summed E-state index contributed by atoms with van der Waals surface area (Å²) in [6.07, 6.45) is 3.54. The number of nitrogens with zero attached hydrogens (tertiary/aromatic N) is 2. The van der Waals surface area contributed by atoms with Crippen LogP contribution < -0.4 is 11.1 Å². The van der Waals surface area contributed by atoms with Gasteiger partial charge in [-0.3, -0.25) is 4.98 Å². The predicted octanol–water partition coefficient (Wildman–Crippen LogP) is 3.88. The molecule has 0 aliphatic rings. The van der Waals surface area contributed by atoms with Crippen molar-refractivity contribution in [3.05, 3.63) is 24.5 Å². The summed E-state index contributed by atoms with van der Waals surface area (Å²) >= 11 is 1.42. The van der Waals surface area contributed by atoms with Gasteiger partial charge in [0.2, 0.25) is 0 Å². The Balaban J connectivity index is 2.23. The third-order valence-corrected chi connectivity index (χ3v) is 4.77. The molecule has 0 fully saturated rings. The van der Waals surface area contributed by atoms with E-state index in [4.69, 9.17) is 5.73 Å². The summed E-state index contributed by atoms with van der Waals surface area (Å²) in [7, 11) is 0. The second kappa shape index (κ2) is 5.79. The van der Waals surface area contributed by atoms with Crippen molar-refractivity contribution < 1.29 is 0 Å². The zero-order valence-electron chi connectivity index (χ0n) is 12.5. The van der Waals surface area contributed by atoms with Gasteiger partial charge < -0.3 is 11.1 Å². The van der Waals surface area contributed by atoms with Gasteiger partial charge in [-0.05, 0) is 40.6 Å². The molecule has 0 saturated carbocycles. The van der Waals surface area contributed by atoms with Crippen molar-refractivity contribution in [1.29, 1.82) is 0 Å². The van der Waals surface area contributed by atoms with Crippen LogP contribution in [0.25, 0.3) is 11.1 Å². The first-order valence-corrected chi connectivity index (χ1v) is 7.58. The molecule has 108 valence electrons. The molecule has 0 spiro atoms. The lowest BCUT2D eigenvalue weighted by Crippen LogP contribution is -2.28. The zero-order valence-corrected chi connectivity index (χ0v) is 13.3. The smallest absolute Gasteiger partial charge is 0.147 e. The first-order chi connectivity index (χ1) is 9.42. The summed E-state index contributed by atoms with van der Waals surface area (Å²) in [6, 6.07) is 3.91. The van der Waals surface area contributed by atoms with Crippen LogP contribution in [0.2, 0.25) is 0 Å². The molecule has 2 heterocycles. The zero-order chi connectivity index (χ0) is 14.8. The number of nitrogens with two attached hydrogens (primary N) is 1. The lowest BCUT2D eigenvalue weighted by atomic mass is 9.81. The molecule has 2 aromatic heterocycles. The van der Waals surface area contributed by atoms with E-state index in [-0.39, 0.29) is 5.41 Å². The summed E-state index contributed by atoms with van der Waals surface area (Å²) in [5.41, 5.74) is 8.26. The predicted molar refractivity (Wildman–Crippen MR) is 86.9 cm³/mol. The van der Waals surface area contributed by atoms with E-state index in [1.165, 1.54) is 11.5 Å². The van der Waals surface area contributed by atoms with Gasteiger partial charge in [-0.15, -0.1) is 0 Å². The van der Waals surface area contributed by atoms with Gasteiger partial charge in [0.25, 0.3) is 0 Å². The Hall–Kier alpha value is -1.62. The average molecular weight is 290 g/mol. The maximum absolute atomic E-state index is 6.01. The van der Waals surface area contributed by atoms with Gasteiger partial charge in [-0.25, -0.2) is 0 Å². The van der Waals surface area contributed by atoms with Crippen molar-refractivity contribution in [3.63, 3.8) is 0 Å². The van der Waals surface area contributed by atoms with Crippen molar-refractivity contribution in [2.75, 3.05) is 17.6 Å². The molecule has 0 aliphatic heterocycles. The topological polar surface area (TPSA) is 63.8 Å². The third-order valence-electron chi connectivity index (χ3n) is 3.95. The number of hydrogen-bond donors (Lipinski definition) is 2. The molecule has 20 heavy (non-hydrogen) atoms. The highest BCUT2D eigenvalue weighted by Crippen LogP contribution is 2.37. The summed E-state index contributed by atoms with van der Waals surface area (Å²) in [6.45, 7) is 9.91. The maximum atomic E-state index is 6.01. The largest absolute Gasteiger partial charge is 0.382 e. The highest BCUT2D eigenvalue weighted by Gasteiger charge is 2.23. The van der Waals surface area contributed by atoms with Crippen LogP contribution in [0.15, 0.2) is 24.5 Å². The van der Waals surface area contributed by atoms with E-state index >= 15 is 0 Å². The molecular weight excluding hydrogens is 268 g/mol. The van der Waals surface area contributed by atoms with Crippen LogP contribution >= 0.6 is 11.5 Å². The monoisotopic (exact) mass is 290 g/mol. The Labute approximate surface area is 124 Å². The molecule has 2 rings (SSSR count). The molecule has 0 amide bonds. The fraction of sp³-hybridized carbons (Fsp3) is 0.467. The lowest BCUT2D eigenvalue weighted by Gasteiger charge is -2.29. The third kappa shape index (κ3) is 3.10. The van der Waals surface area contributed by atoms with Crippen molar-refractivity contribution in [1.82, 2.24) is 9.36 Å². The fourth-order valence-electron chi connectivity index (χ4n) is 1.73. The SMILES string of the molecule is CC(C)C(C)(C)CNc1snc(N)c1-c1ccncc1. The van der Waals surface area contributed by atoms with Gasteiger partial charge in [0.05, 0.1) is 5.56 Å². The van der Waals surface area contributed by atoms with Crippen molar-refractivity contribution in [2.45, 2.75) is 27.7 Å². The van der Waals surface area contributed by atoms with Gasteiger partial charge in [0.15, 0.2) is 0 Å². The van der Waals surface area contributed by atoms with Crippen molar-refractivity contribution in [2.24, 2.45) is 11.3 Å². The molecule has 3 N–H and O–H groups in total. The van der Waals surface area contributed by atoms with E-state index < -0.39 is 0 Å². The molecule has 0 aliphatic carbocycles. The lowest BCUT2D eigenvalue weighted by molar-refractivity contribution is 0.270. The fourth-order valence-corrected chi connectivity index (χ4v) is 2.46. The van der Waals surface area contributed by atoms with Crippen LogP contribution in [0.1, 0.15) is 27.7 Å². The molecule has 5 heteroatoms. The van der Waals surface area contributed by atoms with E-state index in [1.807, 2.05) is 12.1 Å². The van der Waals surface area contributed by atoms with Crippen molar-refractivity contribution >= 4 is 22.4 Å². The molecule has 0 atom stereocenters. The minimum atomic E-state index is 0.217. The van der Waals surface area contributed by atoms with Gasteiger partial charge in [0, 0.05) is 18.9 Å².